The Morgan fingerprint density at radius 3 is 2.33 bits per heavy atom. The van der Waals surface area contributed by atoms with Gasteiger partial charge in [0.2, 0.25) is 17.6 Å². The number of H-pyrrole nitrogens is 1. The third-order valence-electron chi connectivity index (χ3n) is 5.54. The molecule has 0 amide bonds. The average Bonchev–Trinajstić information content (AvgIpc) is 3.10. The first-order valence-electron chi connectivity index (χ1n) is 9.96. The van der Waals surface area contributed by atoms with Crippen molar-refractivity contribution in [2.24, 2.45) is 5.92 Å². The van der Waals surface area contributed by atoms with Crippen molar-refractivity contribution in [3.63, 3.8) is 0 Å². The molecule has 0 radical (unpaired) electrons. The zero-order valence-electron chi connectivity index (χ0n) is 17.1. The summed E-state index contributed by atoms with van der Waals surface area (Å²) in [5.74, 6) is -4.85. The molecule has 33 heavy (non-hydrogen) atoms. The van der Waals surface area contributed by atoms with Crippen LogP contribution in [0.4, 0.5) is 32.3 Å². The Hall–Kier alpha value is -2.60. The maximum atomic E-state index is 13.3. The summed E-state index contributed by atoms with van der Waals surface area (Å²) in [6.07, 6.45) is -9.83. The molecule has 3 aromatic rings. The van der Waals surface area contributed by atoms with E-state index in [1.54, 1.807) is 25.1 Å². The Morgan fingerprint density at radius 2 is 1.76 bits per heavy atom. The predicted octanol–water partition coefficient (Wildman–Crippen LogP) is 5.17. The van der Waals surface area contributed by atoms with Crippen molar-refractivity contribution in [3.05, 3.63) is 46.1 Å². The standard InChI is InChI=1S/C20H18ClF6N5O/c1-9(8-33)6-14-15-11(12-7-10(21)2-3-13(12)28-15)4-5-32(14)18-30-16(19(22,23)24)29-17(31-18)20(25,26)27/h2-3,7,9,14,28,33H,4-6,8H2,1H3/t9-,14-/m0/s1. The molecule has 1 aliphatic rings. The minimum absolute atomic E-state index is 0.0634. The second-order valence-electron chi connectivity index (χ2n) is 7.97. The van der Waals surface area contributed by atoms with Gasteiger partial charge in [-0.3, -0.25) is 0 Å². The number of rotatable bonds is 4. The molecule has 0 saturated heterocycles. The van der Waals surface area contributed by atoms with Gasteiger partial charge in [-0.15, -0.1) is 0 Å². The van der Waals surface area contributed by atoms with Gasteiger partial charge in [0, 0.05) is 34.8 Å². The monoisotopic (exact) mass is 493 g/mol. The fourth-order valence-electron chi connectivity index (χ4n) is 4.03. The lowest BCUT2D eigenvalue weighted by atomic mass is 9.91. The van der Waals surface area contributed by atoms with Gasteiger partial charge in [0.1, 0.15) is 0 Å². The highest BCUT2D eigenvalue weighted by Crippen LogP contribution is 2.41. The number of hydrogen-bond donors (Lipinski definition) is 2. The maximum absolute atomic E-state index is 13.3. The summed E-state index contributed by atoms with van der Waals surface area (Å²) in [5, 5.41) is 10.9. The van der Waals surface area contributed by atoms with Gasteiger partial charge in [0.05, 0.1) is 6.04 Å². The number of halogens is 7. The van der Waals surface area contributed by atoms with Gasteiger partial charge in [-0.25, -0.2) is 4.98 Å². The quantitative estimate of drug-likeness (QED) is 0.491. The topological polar surface area (TPSA) is 77.9 Å². The number of aromatic amines is 1. The van der Waals surface area contributed by atoms with Crippen LogP contribution in [0.5, 0.6) is 0 Å². The van der Waals surface area contributed by atoms with Crippen LogP contribution in [0.15, 0.2) is 18.2 Å². The summed E-state index contributed by atoms with van der Waals surface area (Å²) in [7, 11) is 0. The SMILES string of the molecule is C[C@H](CO)C[C@H]1c2[nH]c3ccc(Cl)cc3c2CCN1c1nc(C(F)(F)F)nc(C(F)(F)F)n1. The van der Waals surface area contributed by atoms with E-state index in [0.717, 1.165) is 16.5 Å². The van der Waals surface area contributed by atoms with Crippen molar-refractivity contribution in [2.45, 2.75) is 38.2 Å². The molecule has 6 nitrogen and oxygen atoms in total. The van der Waals surface area contributed by atoms with Crippen LogP contribution >= 0.6 is 11.6 Å². The lowest BCUT2D eigenvalue weighted by molar-refractivity contribution is -0.155. The molecule has 0 spiro atoms. The summed E-state index contributed by atoms with van der Waals surface area (Å²) in [6.45, 7) is 1.57. The summed E-state index contributed by atoms with van der Waals surface area (Å²) in [5.41, 5.74) is 2.21. The Morgan fingerprint density at radius 1 is 1.12 bits per heavy atom. The number of nitrogens with zero attached hydrogens (tertiary/aromatic N) is 4. The molecule has 1 aromatic carbocycles. The minimum atomic E-state index is -5.19. The largest absolute Gasteiger partial charge is 0.451 e. The van der Waals surface area contributed by atoms with E-state index in [1.807, 2.05) is 0 Å². The number of alkyl halides is 6. The molecule has 0 unspecified atom stereocenters. The van der Waals surface area contributed by atoms with E-state index >= 15 is 0 Å². The highest BCUT2D eigenvalue weighted by Gasteiger charge is 2.43. The number of aromatic nitrogens is 4. The smallest absolute Gasteiger partial charge is 0.396 e. The zero-order chi connectivity index (χ0) is 24.1. The molecule has 4 rings (SSSR count). The third-order valence-corrected chi connectivity index (χ3v) is 5.77. The van der Waals surface area contributed by atoms with Crippen molar-refractivity contribution < 1.29 is 31.4 Å². The van der Waals surface area contributed by atoms with Crippen LogP contribution in [0.3, 0.4) is 0 Å². The summed E-state index contributed by atoms with van der Waals surface area (Å²) in [4.78, 5) is 13.8. The van der Waals surface area contributed by atoms with Gasteiger partial charge in [-0.05, 0) is 42.5 Å². The fourth-order valence-corrected chi connectivity index (χ4v) is 4.20. The number of anilines is 1. The van der Waals surface area contributed by atoms with Gasteiger partial charge in [-0.1, -0.05) is 18.5 Å². The second kappa shape index (κ2) is 8.32. The molecule has 0 saturated carbocycles. The number of benzene rings is 1. The molecule has 2 atom stereocenters. The van der Waals surface area contributed by atoms with Gasteiger partial charge in [0.25, 0.3) is 0 Å². The molecule has 13 heteroatoms. The maximum Gasteiger partial charge on any atom is 0.451 e. The summed E-state index contributed by atoms with van der Waals surface area (Å²) in [6, 6.07) is 4.47. The predicted molar refractivity (Wildman–Crippen MR) is 108 cm³/mol. The Kier molecular flexibility index (Phi) is 5.94. The van der Waals surface area contributed by atoms with E-state index < -0.39 is 36.0 Å². The molecule has 3 heterocycles. The zero-order valence-corrected chi connectivity index (χ0v) is 17.9. The molecule has 1 aliphatic heterocycles. The number of hydrogen-bond acceptors (Lipinski definition) is 5. The van der Waals surface area contributed by atoms with Crippen molar-refractivity contribution in [2.75, 3.05) is 18.1 Å². The number of aliphatic hydroxyl groups is 1. The second-order valence-corrected chi connectivity index (χ2v) is 8.40. The van der Waals surface area contributed by atoms with Gasteiger partial charge < -0.3 is 15.0 Å². The fraction of sp³-hybridized carbons (Fsp3) is 0.450. The number of nitrogens with one attached hydrogen (secondary N) is 1. The normalized spacial score (nSPS) is 18.0. The Balaban J connectivity index is 1.87. The highest BCUT2D eigenvalue weighted by molar-refractivity contribution is 6.31. The molecule has 0 bridgehead atoms. The molecule has 2 N–H and O–H groups in total. The van der Waals surface area contributed by atoms with Crippen molar-refractivity contribution >= 4 is 28.5 Å². The van der Waals surface area contributed by atoms with E-state index in [4.69, 9.17) is 11.6 Å². The van der Waals surface area contributed by atoms with Crippen LogP contribution in [0.25, 0.3) is 10.9 Å². The van der Waals surface area contributed by atoms with Gasteiger partial charge in [-0.2, -0.15) is 36.3 Å². The summed E-state index contributed by atoms with van der Waals surface area (Å²) < 4.78 is 79.7. The first kappa shape index (κ1) is 23.6. The Labute approximate surface area is 188 Å². The molecular weight excluding hydrogens is 476 g/mol. The summed E-state index contributed by atoms with van der Waals surface area (Å²) >= 11 is 6.11. The van der Waals surface area contributed by atoms with Crippen LogP contribution in [-0.4, -0.2) is 38.2 Å². The van der Waals surface area contributed by atoms with Crippen LogP contribution in [0.2, 0.25) is 5.02 Å². The Bertz CT molecular complexity index is 1150. The van der Waals surface area contributed by atoms with E-state index in [9.17, 15) is 31.4 Å². The van der Waals surface area contributed by atoms with Gasteiger partial charge >= 0.3 is 12.4 Å². The van der Waals surface area contributed by atoms with Crippen LogP contribution < -0.4 is 4.90 Å². The van der Waals surface area contributed by atoms with E-state index in [0.29, 0.717) is 17.1 Å². The van der Waals surface area contributed by atoms with Gasteiger partial charge in [0.15, 0.2) is 0 Å². The first-order chi connectivity index (χ1) is 15.4. The van der Waals surface area contributed by atoms with Crippen LogP contribution in [0.1, 0.15) is 42.3 Å². The van der Waals surface area contributed by atoms with Crippen molar-refractivity contribution in [1.82, 2.24) is 19.9 Å². The average molecular weight is 494 g/mol. The lowest BCUT2D eigenvalue weighted by Crippen LogP contribution is -2.39. The molecule has 0 fully saturated rings. The number of fused-ring (bicyclic) bond motifs is 3. The van der Waals surface area contributed by atoms with E-state index in [1.165, 1.54) is 4.90 Å². The van der Waals surface area contributed by atoms with Crippen molar-refractivity contribution in [3.8, 4) is 0 Å². The van der Waals surface area contributed by atoms with E-state index in [-0.39, 0.29) is 25.5 Å². The van der Waals surface area contributed by atoms with Crippen molar-refractivity contribution in [1.29, 1.82) is 0 Å². The number of aliphatic hydroxyl groups excluding tert-OH is 1. The molecule has 2 aromatic heterocycles. The van der Waals surface area contributed by atoms with Crippen LogP contribution in [0, 0.1) is 5.92 Å². The minimum Gasteiger partial charge on any atom is -0.396 e. The molecular formula is C20H18ClF6N5O. The molecule has 178 valence electrons. The molecule has 0 aliphatic carbocycles. The lowest BCUT2D eigenvalue weighted by Gasteiger charge is -2.37. The van der Waals surface area contributed by atoms with Crippen LogP contribution in [-0.2, 0) is 18.8 Å². The first-order valence-corrected chi connectivity index (χ1v) is 10.3. The van der Waals surface area contributed by atoms with E-state index in [2.05, 4.69) is 19.9 Å². The third kappa shape index (κ3) is 4.58. The highest BCUT2D eigenvalue weighted by atomic mass is 35.5.